The first kappa shape index (κ1) is 21.2. The number of aromatic amines is 1. The molecule has 2 aromatic heterocycles. The van der Waals surface area contributed by atoms with Gasteiger partial charge in [-0.25, -0.2) is 9.78 Å². The molecule has 0 saturated carbocycles. The lowest BCUT2D eigenvalue weighted by Gasteiger charge is -2.10. The highest BCUT2D eigenvalue weighted by Crippen LogP contribution is 2.35. The number of thioether (sulfide) groups is 1. The van der Waals surface area contributed by atoms with Gasteiger partial charge in [0, 0.05) is 22.8 Å². The van der Waals surface area contributed by atoms with E-state index in [9.17, 15) is 14.9 Å². The topological polar surface area (TPSA) is 99.7 Å². The maximum absolute atomic E-state index is 12.5. The van der Waals surface area contributed by atoms with E-state index in [1.165, 1.54) is 17.8 Å². The Morgan fingerprint density at radius 2 is 1.90 bits per heavy atom. The van der Waals surface area contributed by atoms with E-state index in [0.29, 0.717) is 16.9 Å². The molecular weight excluding hydrogens is 457 g/mol. The lowest BCUT2D eigenvalue weighted by atomic mass is 10.1. The molecule has 1 N–H and O–H groups in total. The normalized spacial score (nSPS) is 10.9. The van der Waals surface area contributed by atoms with Gasteiger partial charge in [-0.1, -0.05) is 53.2 Å². The van der Waals surface area contributed by atoms with Gasteiger partial charge in [0.1, 0.15) is 17.2 Å². The summed E-state index contributed by atoms with van der Waals surface area (Å²) in [6.07, 6.45) is 0. The third-order valence-corrected chi connectivity index (χ3v) is 6.11. The van der Waals surface area contributed by atoms with Crippen molar-refractivity contribution >= 4 is 45.9 Å². The average molecular weight is 470 g/mol. The Kier molecular flexibility index (Phi) is 5.88. The number of fused-ring (bicyclic) bond motifs is 1. The van der Waals surface area contributed by atoms with Crippen LogP contribution in [0.3, 0.4) is 0 Å². The number of halogens is 2. The van der Waals surface area contributed by atoms with Crippen molar-refractivity contribution in [2.75, 3.05) is 0 Å². The SMILES string of the molecule is Cc1ccc2c(CSc3nc(-c4c(Cl)cccc4Cl)c(C#N)c(=O)[nH]3)cc(=O)oc2c1. The summed E-state index contributed by atoms with van der Waals surface area (Å²) < 4.78 is 5.28. The average Bonchev–Trinajstić information content (AvgIpc) is 2.71. The van der Waals surface area contributed by atoms with E-state index in [0.717, 1.165) is 16.5 Å². The summed E-state index contributed by atoms with van der Waals surface area (Å²) in [6, 6.07) is 13.8. The minimum Gasteiger partial charge on any atom is -0.423 e. The maximum Gasteiger partial charge on any atom is 0.336 e. The van der Waals surface area contributed by atoms with Crippen molar-refractivity contribution in [3.05, 3.63) is 90.0 Å². The predicted octanol–water partition coefficient (Wildman–Crippen LogP) is 5.32. The Labute approximate surface area is 190 Å². The first-order chi connectivity index (χ1) is 14.9. The second-order valence-corrected chi connectivity index (χ2v) is 8.46. The molecule has 0 aliphatic heterocycles. The number of aryl methyl sites for hydroxylation is 1. The number of aromatic nitrogens is 2. The highest BCUT2D eigenvalue weighted by Gasteiger charge is 2.19. The fraction of sp³-hybridized carbons (Fsp3) is 0.0909. The van der Waals surface area contributed by atoms with E-state index >= 15 is 0 Å². The number of hydrogen-bond donors (Lipinski definition) is 1. The van der Waals surface area contributed by atoms with Gasteiger partial charge >= 0.3 is 5.63 Å². The van der Waals surface area contributed by atoms with Gasteiger partial charge in [-0.15, -0.1) is 0 Å². The molecule has 0 atom stereocenters. The fourth-order valence-electron chi connectivity index (χ4n) is 3.13. The van der Waals surface area contributed by atoms with E-state index in [2.05, 4.69) is 9.97 Å². The minimum absolute atomic E-state index is 0.109. The summed E-state index contributed by atoms with van der Waals surface area (Å²) in [7, 11) is 0. The largest absolute Gasteiger partial charge is 0.423 e. The first-order valence-electron chi connectivity index (χ1n) is 9.02. The van der Waals surface area contributed by atoms with Crippen LogP contribution in [-0.2, 0) is 5.75 Å². The summed E-state index contributed by atoms with van der Waals surface area (Å²) in [6.45, 7) is 1.91. The standard InChI is InChI=1S/C22H13Cl2N3O3S/c1-11-5-6-13-12(8-18(28)30-17(13)7-11)10-31-22-26-20(14(9-25)21(29)27-22)19-15(23)3-2-4-16(19)24/h2-8H,10H2,1H3,(H,26,27,29). The zero-order chi connectivity index (χ0) is 22.1. The van der Waals surface area contributed by atoms with E-state index < -0.39 is 11.2 Å². The van der Waals surface area contributed by atoms with Crippen LogP contribution in [0.15, 0.2) is 61.6 Å². The molecule has 4 aromatic rings. The molecule has 2 aromatic carbocycles. The van der Waals surface area contributed by atoms with Crippen molar-refractivity contribution in [1.29, 1.82) is 5.26 Å². The molecule has 0 spiro atoms. The second kappa shape index (κ2) is 8.60. The Hall–Kier alpha value is -3.05. The summed E-state index contributed by atoms with van der Waals surface area (Å²) in [4.78, 5) is 31.5. The number of hydrogen-bond acceptors (Lipinski definition) is 6. The second-order valence-electron chi connectivity index (χ2n) is 6.68. The highest BCUT2D eigenvalue weighted by atomic mass is 35.5. The van der Waals surface area contributed by atoms with Crippen LogP contribution >= 0.6 is 35.0 Å². The number of nitrogens with zero attached hydrogens (tertiary/aromatic N) is 2. The zero-order valence-corrected chi connectivity index (χ0v) is 18.4. The molecule has 9 heteroatoms. The van der Waals surface area contributed by atoms with Gasteiger partial charge in [-0.2, -0.15) is 5.26 Å². The molecule has 6 nitrogen and oxygen atoms in total. The molecule has 0 fully saturated rings. The van der Waals surface area contributed by atoms with Crippen molar-refractivity contribution < 1.29 is 4.42 Å². The molecule has 0 radical (unpaired) electrons. The number of nitriles is 1. The summed E-state index contributed by atoms with van der Waals surface area (Å²) >= 11 is 13.7. The summed E-state index contributed by atoms with van der Waals surface area (Å²) in [5.74, 6) is 0.343. The van der Waals surface area contributed by atoms with E-state index in [1.54, 1.807) is 24.3 Å². The van der Waals surface area contributed by atoms with Crippen LogP contribution in [0.2, 0.25) is 10.0 Å². The van der Waals surface area contributed by atoms with Gasteiger partial charge in [0.05, 0.1) is 15.7 Å². The summed E-state index contributed by atoms with van der Waals surface area (Å²) in [5.41, 5.74) is 1.39. The molecule has 2 heterocycles. The van der Waals surface area contributed by atoms with Crippen molar-refractivity contribution in [3.63, 3.8) is 0 Å². The summed E-state index contributed by atoms with van der Waals surface area (Å²) in [5, 5.41) is 11.1. The molecule has 4 rings (SSSR count). The van der Waals surface area contributed by atoms with Gasteiger partial charge in [0.25, 0.3) is 5.56 Å². The molecule has 0 aliphatic carbocycles. The van der Waals surface area contributed by atoms with Gasteiger partial charge in [0.15, 0.2) is 5.16 Å². The van der Waals surface area contributed by atoms with Gasteiger partial charge < -0.3 is 9.40 Å². The Balaban J connectivity index is 1.77. The first-order valence-corrected chi connectivity index (χ1v) is 10.8. The van der Waals surface area contributed by atoms with Crippen molar-refractivity contribution in [3.8, 4) is 17.3 Å². The lowest BCUT2D eigenvalue weighted by Crippen LogP contribution is -2.15. The van der Waals surface area contributed by atoms with Crippen LogP contribution in [0.25, 0.3) is 22.2 Å². The van der Waals surface area contributed by atoms with Gasteiger partial charge in [-0.05, 0) is 36.2 Å². The Morgan fingerprint density at radius 3 is 2.61 bits per heavy atom. The number of rotatable bonds is 4. The fourth-order valence-corrected chi connectivity index (χ4v) is 4.56. The lowest BCUT2D eigenvalue weighted by molar-refractivity contribution is 0.559. The van der Waals surface area contributed by atoms with Gasteiger partial charge in [-0.3, -0.25) is 4.79 Å². The minimum atomic E-state index is -0.598. The smallest absolute Gasteiger partial charge is 0.336 e. The molecule has 31 heavy (non-hydrogen) atoms. The van der Waals surface area contributed by atoms with E-state index in [-0.39, 0.29) is 26.5 Å². The Bertz CT molecular complexity index is 1470. The number of H-pyrrole nitrogens is 1. The van der Waals surface area contributed by atoms with E-state index in [1.807, 2.05) is 25.1 Å². The van der Waals surface area contributed by atoms with Crippen LogP contribution in [0.4, 0.5) is 0 Å². The van der Waals surface area contributed by atoms with Crippen LogP contribution in [0.1, 0.15) is 16.7 Å². The number of benzene rings is 2. The number of nitrogens with one attached hydrogen (secondary N) is 1. The van der Waals surface area contributed by atoms with E-state index in [4.69, 9.17) is 27.6 Å². The van der Waals surface area contributed by atoms with Crippen LogP contribution in [-0.4, -0.2) is 9.97 Å². The third kappa shape index (κ3) is 4.23. The van der Waals surface area contributed by atoms with Crippen LogP contribution in [0.5, 0.6) is 0 Å². The highest BCUT2D eigenvalue weighted by molar-refractivity contribution is 7.98. The van der Waals surface area contributed by atoms with Crippen molar-refractivity contribution in [2.45, 2.75) is 17.8 Å². The molecule has 0 saturated heterocycles. The third-order valence-electron chi connectivity index (χ3n) is 4.56. The Morgan fingerprint density at radius 1 is 1.16 bits per heavy atom. The molecular formula is C22H13Cl2N3O3S. The van der Waals surface area contributed by atoms with Crippen molar-refractivity contribution in [1.82, 2.24) is 9.97 Å². The molecule has 0 unspecified atom stereocenters. The van der Waals surface area contributed by atoms with Crippen LogP contribution in [0, 0.1) is 18.3 Å². The zero-order valence-electron chi connectivity index (χ0n) is 16.0. The van der Waals surface area contributed by atoms with Crippen LogP contribution < -0.4 is 11.2 Å². The molecule has 0 amide bonds. The van der Waals surface area contributed by atoms with Gasteiger partial charge in [0.2, 0.25) is 0 Å². The molecule has 0 aliphatic rings. The predicted molar refractivity (Wildman–Crippen MR) is 122 cm³/mol. The molecule has 154 valence electrons. The maximum atomic E-state index is 12.5. The monoisotopic (exact) mass is 469 g/mol. The quantitative estimate of drug-likeness (QED) is 0.246. The van der Waals surface area contributed by atoms with Crippen molar-refractivity contribution in [2.24, 2.45) is 0 Å². The molecule has 0 bridgehead atoms.